The van der Waals surface area contributed by atoms with E-state index in [1.54, 1.807) is 0 Å². The Morgan fingerprint density at radius 2 is 1.04 bits per heavy atom. The summed E-state index contributed by atoms with van der Waals surface area (Å²) < 4.78 is 20.5. The molecule has 0 rings (SSSR count). The Kier molecular flexibility index (Phi) is 19.5. The fourth-order valence-corrected chi connectivity index (χ4v) is 3.46. The van der Waals surface area contributed by atoms with Crippen LogP contribution in [0.4, 0.5) is 0 Å². The lowest BCUT2D eigenvalue weighted by atomic mass is 10.0. The van der Waals surface area contributed by atoms with Crippen molar-refractivity contribution in [2.24, 2.45) is 0 Å². The number of hydrogen-bond acceptors (Lipinski definition) is 4. The first-order chi connectivity index (χ1) is 12.2. The molecule has 0 spiro atoms. The summed E-state index contributed by atoms with van der Waals surface area (Å²) in [5.74, 6) is -0.562. The lowest BCUT2D eigenvalue weighted by Gasteiger charge is -2.03. The second-order valence-corrected chi connectivity index (χ2v) is 7.83. The van der Waals surface area contributed by atoms with Crippen molar-refractivity contribution in [3.05, 3.63) is 0 Å². The van der Waals surface area contributed by atoms with Crippen LogP contribution in [0.3, 0.4) is 0 Å². The Balaban J connectivity index is 3.07. The molecule has 0 aliphatic heterocycles. The third kappa shape index (κ3) is 21.5. The highest BCUT2D eigenvalue weighted by Gasteiger charge is 2.22. The molecule has 0 amide bonds. The van der Waals surface area contributed by atoms with Gasteiger partial charge in [-0.05, 0) is 6.42 Å². The molecule has 25 heavy (non-hydrogen) atoms. The highest BCUT2D eigenvalue weighted by atomic mass is 31.1. The predicted molar refractivity (Wildman–Crippen MR) is 105 cm³/mol. The van der Waals surface area contributed by atoms with Gasteiger partial charge in [-0.2, -0.15) is 4.52 Å². The van der Waals surface area contributed by atoms with E-state index in [-0.39, 0.29) is 0 Å². The van der Waals surface area contributed by atoms with Crippen LogP contribution in [0, 0.1) is 0 Å². The van der Waals surface area contributed by atoms with Gasteiger partial charge < -0.3 is 0 Å². The van der Waals surface area contributed by atoms with Gasteiger partial charge in [-0.3, -0.25) is 0 Å². The van der Waals surface area contributed by atoms with E-state index in [4.69, 9.17) is 4.52 Å². The first kappa shape index (κ1) is 24.5. The maximum absolute atomic E-state index is 11.1. The molecule has 0 saturated heterocycles. The Labute approximate surface area is 156 Å². The molecule has 0 aromatic rings. The molecular weight excluding hydrogens is 335 g/mol. The summed E-state index contributed by atoms with van der Waals surface area (Å²) in [4.78, 5) is 10.6. The van der Waals surface area contributed by atoms with E-state index in [0.29, 0.717) is 6.61 Å². The molecular formula is C20H40O4P+. The molecule has 0 aromatic carbocycles. The minimum atomic E-state index is -2.26. The van der Waals surface area contributed by atoms with Crippen LogP contribution in [-0.4, -0.2) is 12.6 Å². The van der Waals surface area contributed by atoms with Gasteiger partial charge in [-0.1, -0.05) is 103 Å². The van der Waals surface area contributed by atoms with Crippen molar-refractivity contribution in [2.45, 2.75) is 117 Å². The van der Waals surface area contributed by atoms with Crippen molar-refractivity contribution in [1.29, 1.82) is 0 Å². The molecule has 1 atom stereocenters. The standard InChI is InChI=1S/C20H40O4P/c1-3-4-5-6-7-8-9-10-11-12-13-14-15-16-17-18-19-23-25(22)24-20(2)21/h3-19H2,1-2H3/q+1. The molecule has 0 bridgehead atoms. The Hall–Kier alpha value is -0.470. The predicted octanol–water partition coefficient (Wildman–Crippen LogP) is 7.49. The summed E-state index contributed by atoms with van der Waals surface area (Å²) in [5.41, 5.74) is 0. The molecule has 0 heterocycles. The van der Waals surface area contributed by atoms with E-state index in [0.717, 1.165) is 12.8 Å². The maximum Gasteiger partial charge on any atom is 0.753 e. The minimum absolute atomic E-state index is 0.404. The largest absolute Gasteiger partial charge is 0.753 e. The zero-order valence-electron chi connectivity index (χ0n) is 16.6. The van der Waals surface area contributed by atoms with E-state index in [1.165, 1.54) is 96.8 Å². The zero-order valence-corrected chi connectivity index (χ0v) is 17.5. The van der Waals surface area contributed by atoms with Gasteiger partial charge in [0.2, 0.25) is 0 Å². The smallest absolute Gasteiger partial charge is 0.247 e. The Morgan fingerprint density at radius 1 is 0.680 bits per heavy atom. The second kappa shape index (κ2) is 19.8. The van der Waals surface area contributed by atoms with Crippen LogP contribution in [0.25, 0.3) is 0 Å². The number of rotatable bonds is 19. The Morgan fingerprint density at radius 3 is 1.40 bits per heavy atom. The molecule has 0 saturated carbocycles. The first-order valence-corrected chi connectivity index (χ1v) is 11.5. The van der Waals surface area contributed by atoms with Crippen molar-refractivity contribution in [3.8, 4) is 0 Å². The number of carbonyl (C=O) groups is 1. The van der Waals surface area contributed by atoms with Crippen LogP contribution >= 0.6 is 8.25 Å². The number of unbranched alkanes of at least 4 members (excludes halogenated alkanes) is 15. The third-order valence-corrected chi connectivity index (χ3v) is 5.20. The molecule has 0 aliphatic rings. The van der Waals surface area contributed by atoms with Crippen LogP contribution in [-0.2, 0) is 18.4 Å². The van der Waals surface area contributed by atoms with Crippen LogP contribution in [0.1, 0.15) is 117 Å². The summed E-state index contributed by atoms with van der Waals surface area (Å²) in [6.07, 6.45) is 21.2. The maximum atomic E-state index is 11.1. The van der Waals surface area contributed by atoms with E-state index >= 15 is 0 Å². The third-order valence-electron chi connectivity index (χ3n) is 4.40. The first-order valence-electron chi connectivity index (χ1n) is 10.5. The van der Waals surface area contributed by atoms with Crippen molar-refractivity contribution in [3.63, 3.8) is 0 Å². The van der Waals surface area contributed by atoms with Crippen molar-refractivity contribution >= 4 is 14.2 Å². The zero-order chi connectivity index (χ0) is 18.6. The van der Waals surface area contributed by atoms with Gasteiger partial charge >= 0.3 is 14.2 Å². The van der Waals surface area contributed by atoms with E-state index in [9.17, 15) is 9.36 Å². The average molecular weight is 376 g/mol. The molecule has 4 nitrogen and oxygen atoms in total. The summed E-state index contributed by atoms with van der Waals surface area (Å²) in [6, 6.07) is 0. The molecule has 148 valence electrons. The minimum Gasteiger partial charge on any atom is -0.247 e. The van der Waals surface area contributed by atoms with E-state index < -0.39 is 14.2 Å². The molecule has 1 unspecified atom stereocenters. The number of carbonyl (C=O) groups excluding carboxylic acids is 1. The fraction of sp³-hybridized carbons (Fsp3) is 0.950. The van der Waals surface area contributed by atoms with Gasteiger partial charge in [0.25, 0.3) is 0 Å². The van der Waals surface area contributed by atoms with Gasteiger partial charge in [0.15, 0.2) is 0 Å². The quantitative estimate of drug-likeness (QED) is 0.173. The topological polar surface area (TPSA) is 52.6 Å². The monoisotopic (exact) mass is 375 g/mol. The van der Waals surface area contributed by atoms with Crippen molar-refractivity contribution in [1.82, 2.24) is 0 Å². The summed E-state index contributed by atoms with van der Waals surface area (Å²) >= 11 is 0. The summed E-state index contributed by atoms with van der Waals surface area (Å²) in [6.45, 7) is 3.90. The molecule has 5 heteroatoms. The molecule has 0 aliphatic carbocycles. The van der Waals surface area contributed by atoms with Crippen LogP contribution in [0.5, 0.6) is 0 Å². The van der Waals surface area contributed by atoms with Gasteiger partial charge in [-0.15, -0.1) is 4.52 Å². The highest BCUT2D eigenvalue weighted by molar-refractivity contribution is 7.34. The summed E-state index contributed by atoms with van der Waals surface area (Å²) in [5, 5.41) is 0. The second-order valence-electron chi connectivity index (χ2n) is 6.94. The normalized spacial score (nSPS) is 11.5. The number of hydrogen-bond donors (Lipinski definition) is 0. The molecule has 0 fully saturated rings. The highest BCUT2D eigenvalue weighted by Crippen LogP contribution is 2.24. The fourth-order valence-electron chi connectivity index (χ4n) is 2.92. The van der Waals surface area contributed by atoms with Crippen LogP contribution < -0.4 is 0 Å². The van der Waals surface area contributed by atoms with Crippen LogP contribution in [0.2, 0.25) is 0 Å². The van der Waals surface area contributed by atoms with Gasteiger partial charge in [-0.25, -0.2) is 4.79 Å². The molecule has 0 aromatic heterocycles. The SMILES string of the molecule is CCCCCCCCCCCCCCCCCCO[P+](=O)OC(C)=O. The Bertz CT molecular complexity index is 321. The molecule has 0 N–H and O–H groups in total. The van der Waals surface area contributed by atoms with E-state index in [1.807, 2.05) is 0 Å². The van der Waals surface area contributed by atoms with Crippen molar-refractivity contribution in [2.75, 3.05) is 6.61 Å². The lowest BCUT2D eigenvalue weighted by molar-refractivity contribution is -0.132. The van der Waals surface area contributed by atoms with Crippen LogP contribution in [0.15, 0.2) is 0 Å². The van der Waals surface area contributed by atoms with Crippen molar-refractivity contribution < 1.29 is 18.4 Å². The summed E-state index contributed by atoms with van der Waals surface area (Å²) in [7, 11) is -2.26. The lowest BCUT2D eigenvalue weighted by Crippen LogP contribution is -1.93. The molecule has 0 radical (unpaired) electrons. The van der Waals surface area contributed by atoms with Gasteiger partial charge in [0.05, 0.1) is 0 Å². The van der Waals surface area contributed by atoms with E-state index in [2.05, 4.69) is 11.4 Å². The average Bonchev–Trinajstić information content (AvgIpc) is 2.57. The van der Waals surface area contributed by atoms with Gasteiger partial charge in [0.1, 0.15) is 6.61 Å². The van der Waals surface area contributed by atoms with Gasteiger partial charge in [0, 0.05) is 11.5 Å².